The summed E-state index contributed by atoms with van der Waals surface area (Å²) in [5.41, 5.74) is 6.26. The molecule has 0 aliphatic heterocycles. The molecule has 1 atom stereocenters. The van der Waals surface area contributed by atoms with Gasteiger partial charge in [-0.25, -0.2) is 0 Å². The maximum atomic E-state index is 5.63. The van der Waals surface area contributed by atoms with Gasteiger partial charge in [-0.3, -0.25) is 4.98 Å². The Balaban J connectivity index is 2.42. The van der Waals surface area contributed by atoms with Gasteiger partial charge < -0.3 is 10.3 Å². The zero-order chi connectivity index (χ0) is 11.7. The molecule has 0 bridgehead atoms. The molecule has 2 N–H and O–H groups in total. The van der Waals surface area contributed by atoms with E-state index in [1.165, 1.54) is 0 Å². The van der Waals surface area contributed by atoms with Crippen LogP contribution in [0, 0.1) is 0 Å². The highest BCUT2D eigenvalue weighted by Gasteiger charge is 2.15. The molecule has 7 heteroatoms. The van der Waals surface area contributed by atoms with Crippen LogP contribution in [0.4, 0.5) is 0 Å². The third-order valence-corrected chi connectivity index (χ3v) is 2.89. The number of pyridine rings is 1. The molecule has 5 nitrogen and oxygen atoms in total. The van der Waals surface area contributed by atoms with Crippen molar-refractivity contribution in [2.45, 2.75) is 13.0 Å². The van der Waals surface area contributed by atoms with Crippen molar-refractivity contribution in [3.8, 4) is 11.5 Å². The van der Waals surface area contributed by atoms with E-state index in [-0.39, 0.29) is 6.04 Å². The lowest BCUT2D eigenvalue weighted by Crippen LogP contribution is -2.04. The third kappa shape index (κ3) is 2.31. The summed E-state index contributed by atoms with van der Waals surface area (Å²) in [6, 6.07) is 1.58. The molecule has 0 saturated carbocycles. The van der Waals surface area contributed by atoms with Gasteiger partial charge in [0.15, 0.2) is 0 Å². The average Bonchev–Trinajstić information content (AvgIpc) is 2.66. The van der Waals surface area contributed by atoms with Crippen molar-refractivity contribution < 1.29 is 4.52 Å². The molecule has 0 radical (unpaired) electrons. The first kappa shape index (κ1) is 11.7. The highest BCUT2D eigenvalue weighted by molar-refractivity contribution is 9.11. The van der Waals surface area contributed by atoms with Gasteiger partial charge in [-0.2, -0.15) is 4.98 Å². The van der Waals surface area contributed by atoms with Crippen LogP contribution in [-0.2, 0) is 0 Å². The van der Waals surface area contributed by atoms with Crippen LogP contribution in [0.3, 0.4) is 0 Å². The topological polar surface area (TPSA) is 77.8 Å². The highest BCUT2D eigenvalue weighted by atomic mass is 79.9. The molecule has 2 rings (SSSR count). The zero-order valence-corrected chi connectivity index (χ0v) is 11.5. The number of nitrogens with zero attached hydrogens (tertiary/aromatic N) is 3. The van der Waals surface area contributed by atoms with Crippen molar-refractivity contribution in [2.24, 2.45) is 5.73 Å². The van der Waals surface area contributed by atoms with Crippen LogP contribution >= 0.6 is 31.9 Å². The van der Waals surface area contributed by atoms with Gasteiger partial charge in [-0.15, -0.1) is 0 Å². The summed E-state index contributed by atoms with van der Waals surface area (Å²) in [4.78, 5) is 8.36. The maximum absolute atomic E-state index is 5.63. The summed E-state index contributed by atoms with van der Waals surface area (Å²) in [6.07, 6.45) is 1.67. The third-order valence-electron chi connectivity index (χ3n) is 1.85. The maximum Gasteiger partial charge on any atom is 0.243 e. The molecule has 0 aromatic carbocycles. The van der Waals surface area contributed by atoms with Gasteiger partial charge in [-0.05, 0) is 44.8 Å². The van der Waals surface area contributed by atoms with E-state index >= 15 is 0 Å². The van der Waals surface area contributed by atoms with E-state index in [1.807, 2.05) is 6.07 Å². The van der Waals surface area contributed by atoms with Gasteiger partial charge in [-0.1, -0.05) is 5.16 Å². The molecular weight excluding hydrogens is 340 g/mol. The van der Waals surface area contributed by atoms with Crippen molar-refractivity contribution >= 4 is 31.9 Å². The predicted molar refractivity (Wildman–Crippen MR) is 65.5 cm³/mol. The van der Waals surface area contributed by atoms with E-state index in [0.29, 0.717) is 17.4 Å². The van der Waals surface area contributed by atoms with E-state index in [9.17, 15) is 0 Å². The largest absolute Gasteiger partial charge is 0.337 e. The summed E-state index contributed by atoms with van der Waals surface area (Å²) in [6.45, 7) is 1.78. The van der Waals surface area contributed by atoms with Crippen LogP contribution < -0.4 is 5.73 Å². The Kier molecular flexibility index (Phi) is 3.36. The van der Waals surface area contributed by atoms with Crippen molar-refractivity contribution in [1.29, 1.82) is 0 Å². The van der Waals surface area contributed by atoms with E-state index in [1.54, 1.807) is 13.1 Å². The molecule has 2 heterocycles. The summed E-state index contributed by atoms with van der Waals surface area (Å²) in [7, 11) is 0. The molecule has 16 heavy (non-hydrogen) atoms. The molecule has 0 amide bonds. The summed E-state index contributed by atoms with van der Waals surface area (Å²) in [5.74, 6) is 0.818. The second-order valence-corrected chi connectivity index (χ2v) is 5.00. The minimum Gasteiger partial charge on any atom is -0.337 e. The molecule has 2 aromatic heterocycles. The molecule has 1 unspecified atom stereocenters. The molecular formula is C9H8Br2N4O. The van der Waals surface area contributed by atoms with Crippen molar-refractivity contribution in [2.75, 3.05) is 0 Å². The molecule has 0 aliphatic carbocycles. The van der Waals surface area contributed by atoms with E-state index in [2.05, 4.69) is 47.0 Å². The second kappa shape index (κ2) is 4.60. The zero-order valence-electron chi connectivity index (χ0n) is 8.32. The van der Waals surface area contributed by atoms with E-state index in [4.69, 9.17) is 10.3 Å². The fraction of sp³-hybridized carbons (Fsp3) is 0.222. The second-order valence-electron chi connectivity index (χ2n) is 3.23. The van der Waals surface area contributed by atoms with Crippen LogP contribution in [0.2, 0.25) is 0 Å². The quantitative estimate of drug-likeness (QED) is 0.903. The van der Waals surface area contributed by atoms with Crippen LogP contribution in [-0.4, -0.2) is 15.1 Å². The first-order chi connectivity index (χ1) is 7.58. The van der Waals surface area contributed by atoms with Crippen LogP contribution in [0.1, 0.15) is 18.9 Å². The van der Waals surface area contributed by atoms with E-state index in [0.717, 1.165) is 8.95 Å². The van der Waals surface area contributed by atoms with Crippen LogP contribution in [0.25, 0.3) is 11.5 Å². The number of hydrogen-bond acceptors (Lipinski definition) is 5. The molecule has 0 fully saturated rings. The fourth-order valence-corrected chi connectivity index (χ4v) is 2.26. The number of halogens is 2. The first-order valence-corrected chi connectivity index (χ1v) is 6.07. The SMILES string of the molecule is CC(N)c1nc(-c2ncc(Br)cc2Br)no1. The summed E-state index contributed by atoms with van der Waals surface area (Å²) >= 11 is 6.71. The summed E-state index contributed by atoms with van der Waals surface area (Å²) in [5, 5.41) is 3.82. The fourth-order valence-electron chi connectivity index (χ4n) is 1.10. The standard InChI is InChI=1S/C9H8Br2N4O/c1-4(12)9-14-8(15-16-9)7-6(11)2-5(10)3-13-7/h2-4H,12H2,1H3. The van der Waals surface area contributed by atoms with Crippen LogP contribution in [0.5, 0.6) is 0 Å². The van der Waals surface area contributed by atoms with E-state index < -0.39 is 0 Å². The van der Waals surface area contributed by atoms with Crippen LogP contribution in [0.15, 0.2) is 25.7 Å². The lowest BCUT2D eigenvalue weighted by atomic mass is 10.3. The first-order valence-electron chi connectivity index (χ1n) is 4.48. The lowest BCUT2D eigenvalue weighted by molar-refractivity contribution is 0.362. The van der Waals surface area contributed by atoms with Gasteiger partial charge in [0.25, 0.3) is 0 Å². The van der Waals surface area contributed by atoms with Crippen molar-refractivity contribution in [3.05, 3.63) is 27.1 Å². The van der Waals surface area contributed by atoms with Gasteiger partial charge in [0.2, 0.25) is 11.7 Å². The Morgan fingerprint density at radius 1 is 1.44 bits per heavy atom. The molecule has 0 spiro atoms. The molecule has 0 aliphatic rings. The monoisotopic (exact) mass is 346 g/mol. The Bertz CT molecular complexity index is 512. The Morgan fingerprint density at radius 3 is 2.75 bits per heavy atom. The summed E-state index contributed by atoms with van der Waals surface area (Å²) < 4.78 is 6.67. The number of nitrogens with two attached hydrogens (primary N) is 1. The van der Waals surface area contributed by atoms with Crippen molar-refractivity contribution in [3.63, 3.8) is 0 Å². The van der Waals surface area contributed by atoms with Gasteiger partial charge in [0.1, 0.15) is 5.69 Å². The van der Waals surface area contributed by atoms with Gasteiger partial charge >= 0.3 is 0 Å². The Labute approximate surface area is 109 Å². The number of aromatic nitrogens is 3. The normalized spacial score (nSPS) is 12.8. The smallest absolute Gasteiger partial charge is 0.243 e. The van der Waals surface area contributed by atoms with Crippen molar-refractivity contribution in [1.82, 2.24) is 15.1 Å². The Morgan fingerprint density at radius 2 is 2.19 bits per heavy atom. The Hall–Kier alpha value is -0.790. The lowest BCUT2D eigenvalue weighted by Gasteiger charge is -1.98. The molecule has 0 saturated heterocycles. The predicted octanol–water partition coefficient (Wildman–Crippen LogP) is 2.68. The minimum absolute atomic E-state index is 0.282. The molecule has 2 aromatic rings. The average molecular weight is 348 g/mol. The van der Waals surface area contributed by atoms with Gasteiger partial charge in [0, 0.05) is 15.1 Å². The number of hydrogen-bond donors (Lipinski definition) is 1. The minimum atomic E-state index is -0.282. The van der Waals surface area contributed by atoms with Gasteiger partial charge in [0.05, 0.1) is 6.04 Å². The highest BCUT2D eigenvalue weighted by Crippen LogP contribution is 2.26. The molecule has 84 valence electrons. The number of rotatable bonds is 2.